The Morgan fingerprint density at radius 2 is 1.93 bits per heavy atom. The van der Waals surface area contributed by atoms with Crippen LogP contribution in [-0.2, 0) is 0 Å². The summed E-state index contributed by atoms with van der Waals surface area (Å²) in [7, 11) is 0. The van der Waals surface area contributed by atoms with Gasteiger partial charge in [0.15, 0.2) is 0 Å². The summed E-state index contributed by atoms with van der Waals surface area (Å²) in [5.74, 6) is -0.144. The van der Waals surface area contributed by atoms with E-state index in [0.717, 1.165) is 23.4 Å². The maximum Gasteiger partial charge on any atom is 0.263 e. The van der Waals surface area contributed by atoms with Crippen molar-refractivity contribution < 1.29 is 14.0 Å². The van der Waals surface area contributed by atoms with Gasteiger partial charge in [-0.3, -0.25) is 9.59 Å². The van der Waals surface area contributed by atoms with Crippen LogP contribution < -0.4 is 5.32 Å². The van der Waals surface area contributed by atoms with Crippen molar-refractivity contribution in [2.75, 3.05) is 13.1 Å². The van der Waals surface area contributed by atoms with Crippen molar-refractivity contribution in [3.63, 3.8) is 0 Å². The molecule has 3 aromatic rings. The molecule has 1 aliphatic rings. The predicted octanol–water partition coefficient (Wildman–Crippen LogP) is 4.40. The number of hydrogen-bond donors (Lipinski definition) is 1. The van der Waals surface area contributed by atoms with Gasteiger partial charge in [-0.25, -0.2) is 4.98 Å². The van der Waals surface area contributed by atoms with Crippen LogP contribution in [-0.4, -0.2) is 40.8 Å². The SMILES string of the molecule is Cc1nc(-c2ccc(Cl)cc2)sc1C(=O)NC1CCN(C(=O)c2ccoc2)CC1. The second kappa shape index (κ2) is 8.39. The number of nitrogens with one attached hydrogen (secondary N) is 1. The van der Waals surface area contributed by atoms with Gasteiger partial charge in [0, 0.05) is 29.7 Å². The summed E-state index contributed by atoms with van der Waals surface area (Å²) >= 11 is 7.32. The molecule has 2 aromatic heterocycles. The zero-order chi connectivity index (χ0) is 20.4. The molecule has 1 N–H and O–H groups in total. The summed E-state index contributed by atoms with van der Waals surface area (Å²) in [5, 5.41) is 4.56. The van der Waals surface area contributed by atoms with Gasteiger partial charge in [0.2, 0.25) is 0 Å². The molecular formula is C21H20ClN3O3S. The number of aromatic nitrogens is 1. The highest BCUT2D eigenvalue weighted by molar-refractivity contribution is 7.17. The molecule has 0 bridgehead atoms. The van der Waals surface area contributed by atoms with Gasteiger partial charge in [0.05, 0.1) is 17.5 Å². The molecule has 1 aromatic carbocycles. The van der Waals surface area contributed by atoms with Crippen LogP contribution in [0, 0.1) is 6.92 Å². The van der Waals surface area contributed by atoms with Gasteiger partial charge in [-0.15, -0.1) is 11.3 Å². The molecule has 0 saturated carbocycles. The van der Waals surface area contributed by atoms with Gasteiger partial charge >= 0.3 is 0 Å². The average molecular weight is 430 g/mol. The molecule has 8 heteroatoms. The van der Waals surface area contributed by atoms with Crippen LogP contribution in [0.3, 0.4) is 0 Å². The minimum Gasteiger partial charge on any atom is -0.472 e. The van der Waals surface area contributed by atoms with Gasteiger partial charge in [0.25, 0.3) is 11.8 Å². The number of carbonyl (C=O) groups is 2. The fourth-order valence-electron chi connectivity index (χ4n) is 3.37. The number of rotatable bonds is 4. The van der Waals surface area contributed by atoms with E-state index in [1.165, 1.54) is 23.9 Å². The molecular weight excluding hydrogens is 410 g/mol. The van der Waals surface area contributed by atoms with E-state index < -0.39 is 0 Å². The van der Waals surface area contributed by atoms with E-state index in [9.17, 15) is 9.59 Å². The summed E-state index contributed by atoms with van der Waals surface area (Å²) in [6.45, 7) is 3.05. The van der Waals surface area contributed by atoms with E-state index in [-0.39, 0.29) is 17.9 Å². The summed E-state index contributed by atoms with van der Waals surface area (Å²) in [5.41, 5.74) is 2.21. The Morgan fingerprint density at radius 1 is 1.21 bits per heavy atom. The van der Waals surface area contributed by atoms with E-state index in [4.69, 9.17) is 16.0 Å². The van der Waals surface area contributed by atoms with Gasteiger partial charge in [0.1, 0.15) is 16.1 Å². The second-order valence-corrected chi connectivity index (χ2v) is 8.43. The highest BCUT2D eigenvalue weighted by Crippen LogP contribution is 2.29. The van der Waals surface area contributed by atoms with Gasteiger partial charge < -0.3 is 14.6 Å². The quantitative estimate of drug-likeness (QED) is 0.667. The fraction of sp³-hybridized carbons (Fsp3) is 0.286. The zero-order valence-corrected chi connectivity index (χ0v) is 17.4. The second-order valence-electron chi connectivity index (χ2n) is 6.99. The number of aryl methyl sites for hydroxylation is 1. The number of halogens is 1. The van der Waals surface area contributed by atoms with Crippen LogP contribution in [0.25, 0.3) is 10.6 Å². The molecule has 0 aliphatic carbocycles. The number of amides is 2. The monoisotopic (exact) mass is 429 g/mol. The molecule has 6 nitrogen and oxygen atoms in total. The summed E-state index contributed by atoms with van der Waals surface area (Å²) in [4.78, 5) is 32.1. The molecule has 1 aliphatic heterocycles. The predicted molar refractivity (Wildman–Crippen MR) is 112 cm³/mol. The highest BCUT2D eigenvalue weighted by Gasteiger charge is 2.26. The Hall–Kier alpha value is -2.64. The van der Waals surface area contributed by atoms with Crippen LogP contribution in [0.2, 0.25) is 5.02 Å². The van der Waals surface area contributed by atoms with Crippen LogP contribution in [0.4, 0.5) is 0 Å². The van der Waals surface area contributed by atoms with E-state index in [2.05, 4.69) is 10.3 Å². The van der Waals surface area contributed by atoms with Gasteiger partial charge in [-0.05, 0) is 38.0 Å². The molecule has 3 heterocycles. The third-order valence-electron chi connectivity index (χ3n) is 4.98. The minimum atomic E-state index is -0.111. The van der Waals surface area contributed by atoms with Crippen molar-refractivity contribution in [2.24, 2.45) is 0 Å². The Balaban J connectivity index is 1.37. The first-order valence-corrected chi connectivity index (χ1v) is 10.6. The summed E-state index contributed by atoms with van der Waals surface area (Å²) < 4.78 is 4.98. The van der Waals surface area contributed by atoms with Crippen molar-refractivity contribution >= 4 is 34.8 Å². The highest BCUT2D eigenvalue weighted by atomic mass is 35.5. The van der Waals surface area contributed by atoms with Gasteiger partial charge in [-0.1, -0.05) is 23.7 Å². The largest absolute Gasteiger partial charge is 0.472 e. The molecule has 0 unspecified atom stereocenters. The van der Waals surface area contributed by atoms with Crippen molar-refractivity contribution in [1.82, 2.24) is 15.2 Å². The first kappa shape index (κ1) is 19.7. The number of hydrogen-bond acceptors (Lipinski definition) is 5. The fourth-order valence-corrected chi connectivity index (χ4v) is 4.47. The lowest BCUT2D eigenvalue weighted by atomic mass is 10.0. The number of carbonyl (C=O) groups excluding carboxylic acids is 2. The lowest BCUT2D eigenvalue weighted by Gasteiger charge is -2.32. The third-order valence-corrected chi connectivity index (χ3v) is 6.44. The zero-order valence-electron chi connectivity index (χ0n) is 15.9. The van der Waals surface area contributed by atoms with Crippen LogP contribution >= 0.6 is 22.9 Å². The molecule has 1 fully saturated rings. The van der Waals surface area contributed by atoms with Crippen molar-refractivity contribution in [1.29, 1.82) is 0 Å². The average Bonchev–Trinajstić information content (AvgIpc) is 3.39. The Labute approximate surface area is 177 Å². The molecule has 2 amide bonds. The number of nitrogens with zero attached hydrogens (tertiary/aromatic N) is 2. The van der Waals surface area contributed by atoms with Crippen LogP contribution in [0.5, 0.6) is 0 Å². The number of thiazole rings is 1. The Bertz CT molecular complexity index is 1010. The minimum absolute atomic E-state index is 0.0329. The standard InChI is InChI=1S/C21H20ClN3O3S/c1-13-18(29-20(23-13)14-2-4-16(22)5-3-14)19(26)24-17-6-9-25(10-7-17)21(27)15-8-11-28-12-15/h2-5,8,11-12,17H,6-7,9-10H2,1H3,(H,24,26). The first-order chi connectivity index (χ1) is 14.0. The number of piperidine rings is 1. The lowest BCUT2D eigenvalue weighted by Crippen LogP contribution is -2.46. The van der Waals surface area contributed by atoms with Gasteiger partial charge in [-0.2, -0.15) is 0 Å². The van der Waals surface area contributed by atoms with Crippen molar-refractivity contribution in [2.45, 2.75) is 25.8 Å². The molecule has 0 radical (unpaired) electrons. The molecule has 1 saturated heterocycles. The third kappa shape index (κ3) is 4.36. The maximum absolute atomic E-state index is 12.8. The van der Waals surface area contributed by atoms with Crippen LogP contribution in [0.15, 0.2) is 47.3 Å². The maximum atomic E-state index is 12.8. The number of likely N-dealkylation sites (tertiary alicyclic amines) is 1. The Kier molecular flexibility index (Phi) is 5.69. The molecule has 29 heavy (non-hydrogen) atoms. The van der Waals surface area contributed by atoms with Crippen LogP contribution in [0.1, 0.15) is 38.6 Å². The van der Waals surface area contributed by atoms with E-state index in [0.29, 0.717) is 34.2 Å². The normalized spacial score (nSPS) is 14.8. The number of furan rings is 1. The first-order valence-electron chi connectivity index (χ1n) is 9.37. The van der Waals surface area contributed by atoms with E-state index in [1.54, 1.807) is 11.0 Å². The lowest BCUT2D eigenvalue weighted by molar-refractivity contribution is 0.0697. The number of benzene rings is 1. The smallest absolute Gasteiger partial charge is 0.263 e. The van der Waals surface area contributed by atoms with Crippen molar-refractivity contribution in [3.05, 3.63) is 64.0 Å². The summed E-state index contributed by atoms with van der Waals surface area (Å²) in [6.07, 6.45) is 4.39. The Morgan fingerprint density at radius 3 is 2.59 bits per heavy atom. The van der Waals surface area contributed by atoms with E-state index >= 15 is 0 Å². The molecule has 0 spiro atoms. The summed E-state index contributed by atoms with van der Waals surface area (Å²) in [6, 6.07) is 9.12. The van der Waals surface area contributed by atoms with Crippen molar-refractivity contribution in [3.8, 4) is 10.6 Å². The molecule has 4 rings (SSSR count). The molecule has 0 atom stereocenters. The van der Waals surface area contributed by atoms with E-state index in [1.807, 2.05) is 31.2 Å². The topological polar surface area (TPSA) is 75.4 Å². The molecule has 150 valence electrons.